The molecule has 6 rings (SSSR count). The number of aromatic amines is 1. The lowest BCUT2D eigenvalue weighted by Gasteiger charge is -2.48. The molecule has 0 saturated carbocycles. The first kappa shape index (κ1) is 36.9. The third kappa shape index (κ3) is 8.69. The van der Waals surface area contributed by atoms with Crippen LogP contribution < -0.4 is 5.56 Å². The first-order valence-corrected chi connectivity index (χ1v) is 17.9. The zero-order valence-corrected chi connectivity index (χ0v) is 30.1. The van der Waals surface area contributed by atoms with Crippen molar-refractivity contribution in [1.29, 1.82) is 0 Å². The Morgan fingerprint density at radius 1 is 0.880 bits per heavy atom. The third-order valence-corrected chi connectivity index (χ3v) is 9.74. The van der Waals surface area contributed by atoms with E-state index in [-0.39, 0.29) is 28.5 Å². The molecule has 1 atom stereocenters. The molecule has 3 aliphatic rings. The molecule has 3 amide bonds. The topological polar surface area (TPSA) is 119 Å². The van der Waals surface area contributed by atoms with Gasteiger partial charge in [0.2, 0.25) is 5.91 Å². The molecule has 4 heterocycles. The van der Waals surface area contributed by atoms with Gasteiger partial charge in [0.15, 0.2) is 0 Å². The average molecular weight is 691 g/mol. The van der Waals surface area contributed by atoms with Crippen LogP contribution >= 0.6 is 0 Å². The summed E-state index contributed by atoms with van der Waals surface area (Å²) in [5.74, 6) is -0.994. The van der Waals surface area contributed by atoms with E-state index in [2.05, 4.69) is 15.1 Å². The Labute approximate surface area is 293 Å². The Bertz CT molecular complexity index is 1740. The number of aromatic nitrogens is 2. The summed E-state index contributed by atoms with van der Waals surface area (Å²) in [5, 5.41) is 7.96. The largest absolute Gasteiger partial charge is 0.444 e. The zero-order chi connectivity index (χ0) is 36.1. The molecule has 0 aliphatic carbocycles. The van der Waals surface area contributed by atoms with Gasteiger partial charge >= 0.3 is 6.09 Å². The monoisotopic (exact) mass is 690 g/mol. The van der Waals surface area contributed by atoms with Gasteiger partial charge in [-0.15, -0.1) is 0 Å². The predicted octanol–water partition coefficient (Wildman–Crippen LogP) is 5.08. The number of H-pyrrole nitrogens is 1. The van der Waals surface area contributed by atoms with Gasteiger partial charge in [-0.3, -0.25) is 19.3 Å². The fraction of sp³-hybridized carbons (Fsp3) is 0.553. The highest BCUT2D eigenvalue weighted by Gasteiger charge is 2.42. The number of hydrogen-bond donors (Lipinski definition) is 1. The number of piperazine rings is 1. The predicted molar refractivity (Wildman–Crippen MR) is 191 cm³/mol. The van der Waals surface area contributed by atoms with Crippen LogP contribution in [0.25, 0.3) is 10.8 Å². The van der Waals surface area contributed by atoms with Crippen LogP contribution in [0.4, 0.5) is 9.18 Å². The Morgan fingerprint density at radius 2 is 1.54 bits per heavy atom. The van der Waals surface area contributed by atoms with E-state index >= 15 is 0 Å². The highest BCUT2D eigenvalue weighted by atomic mass is 19.1. The van der Waals surface area contributed by atoms with Gasteiger partial charge in [0.25, 0.3) is 11.5 Å². The van der Waals surface area contributed by atoms with Crippen molar-refractivity contribution in [3.63, 3.8) is 0 Å². The summed E-state index contributed by atoms with van der Waals surface area (Å²) in [7, 11) is 0. The number of carbonyl (C=O) groups excluding carboxylic acids is 3. The molecule has 1 unspecified atom stereocenters. The molecule has 3 aromatic rings. The number of fused-ring (bicyclic) bond motifs is 1. The number of benzene rings is 2. The Hall–Kier alpha value is -4.32. The van der Waals surface area contributed by atoms with E-state index in [1.165, 1.54) is 6.07 Å². The standard InChI is InChI=1S/C36H45FN6O5.C2H6/c1-35(2,3)48-34(47)43-15-7-13-36(24-43)12-6-14-40(23-36)22-31(44)41-16-18-42(19-17-41)33(46)28-20-25(10-11-29(28)37)21-30-26-8-4-5-9-27(26)32(45)39-38-30;1-2/h4-5,8-11,20H,6-7,12-19,21-24H2,1-3H3,(H,39,45);1-2H3. The van der Waals surface area contributed by atoms with E-state index in [0.717, 1.165) is 38.8 Å². The molecule has 3 fully saturated rings. The van der Waals surface area contributed by atoms with Crippen LogP contribution in [0.2, 0.25) is 0 Å². The van der Waals surface area contributed by atoms with Crippen LogP contribution in [-0.2, 0) is 16.0 Å². The molecule has 0 radical (unpaired) electrons. The van der Waals surface area contributed by atoms with Crippen molar-refractivity contribution in [2.75, 3.05) is 58.9 Å². The molecule has 1 N–H and O–H groups in total. The quantitative estimate of drug-likeness (QED) is 0.397. The first-order chi connectivity index (χ1) is 23.9. The summed E-state index contributed by atoms with van der Waals surface area (Å²) in [6.45, 7) is 14.2. The Kier molecular flexibility index (Phi) is 11.6. The second-order valence-corrected chi connectivity index (χ2v) is 14.5. The zero-order valence-electron chi connectivity index (χ0n) is 30.1. The summed E-state index contributed by atoms with van der Waals surface area (Å²) in [5.41, 5.74) is 0.442. The van der Waals surface area contributed by atoms with E-state index in [0.29, 0.717) is 74.3 Å². The molecular weight excluding hydrogens is 639 g/mol. The van der Waals surface area contributed by atoms with E-state index in [1.807, 2.05) is 51.7 Å². The second kappa shape index (κ2) is 15.7. The van der Waals surface area contributed by atoms with Gasteiger partial charge in [-0.1, -0.05) is 38.1 Å². The number of amides is 3. The van der Waals surface area contributed by atoms with Crippen LogP contribution in [-0.4, -0.2) is 112 Å². The van der Waals surface area contributed by atoms with Gasteiger partial charge in [0.1, 0.15) is 11.4 Å². The summed E-state index contributed by atoms with van der Waals surface area (Å²) in [4.78, 5) is 59.3. The van der Waals surface area contributed by atoms with Crippen molar-refractivity contribution in [1.82, 2.24) is 29.8 Å². The van der Waals surface area contributed by atoms with Gasteiger partial charge < -0.3 is 19.4 Å². The Morgan fingerprint density at radius 3 is 2.24 bits per heavy atom. The van der Waals surface area contributed by atoms with Gasteiger partial charge in [-0.05, 0) is 76.8 Å². The highest BCUT2D eigenvalue weighted by molar-refractivity contribution is 5.95. The number of hydrogen-bond acceptors (Lipinski definition) is 7. The number of carbonyl (C=O) groups is 3. The molecule has 12 heteroatoms. The minimum atomic E-state index is -0.603. The van der Waals surface area contributed by atoms with E-state index < -0.39 is 17.3 Å². The summed E-state index contributed by atoms with van der Waals surface area (Å²) >= 11 is 0. The van der Waals surface area contributed by atoms with E-state index in [9.17, 15) is 23.6 Å². The van der Waals surface area contributed by atoms with Crippen LogP contribution in [0.1, 0.15) is 81.9 Å². The minimum Gasteiger partial charge on any atom is -0.444 e. The molecule has 11 nitrogen and oxygen atoms in total. The lowest BCUT2D eigenvalue weighted by Crippen LogP contribution is -2.57. The maximum absolute atomic E-state index is 15.0. The number of rotatable bonds is 5. The summed E-state index contributed by atoms with van der Waals surface area (Å²) < 4.78 is 20.6. The molecule has 3 saturated heterocycles. The normalized spacial score (nSPS) is 20.0. The van der Waals surface area contributed by atoms with Crippen LogP contribution in [0.15, 0.2) is 47.3 Å². The molecular formula is C38H51FN6O5. The molecule has 3 aliphatic heterocycles. The SMILES string of the molecule is CC.CC(C)(C)OC(=O)N1CCCC2(CCCN(CC(=O)N3CCN(C(=O)c4cc(Cc5n[nH]c(=O)c6ccccc56)ccc4F)CC3)C2)C1. The number of likely N-dealkylation sites (tertiary alicyclic amines) is 2. The lowest BCUT2D eigenvalue weighted by molar-refractivity contribution is -0.135. The number of ether oxygens (including phenoxy) is 1. The van der Waals surface area contributed by atoms with Crippen molar-refractivity contribution in [2.45, 2.75) is 72.3 Å². The van der Waals surface area contributed by atoms with Gasteiger partial charge in [-0.25, -0.2) is 14.3 Å². The van der Waals surface area contributed by atoms with Crippen molar-refractivity contribution < 1.29 is 23.5 Å². The van der Waals surface area contributed by atoms with Gasteiger partial charge in [0, 0.05) is 63.0 Å². The van der Waals surface area contributed by atoms with Crippen molar-refractivity contribution in [2.24, 2.45) is 5.41 Å². The van der Waals surface area contributed by atoms with Crippen molar-refractivity contribution in [3.05, 3.63) is 75.5 Å². The van der Waals surface area contributed by atoms with Crippen LogP contribution in [0, 0.1) is 11.2 Å². The fourth-order valence-electron chi connectivity index (χ4n) is 7.43. The third-order valence-electron chi connectivity index (χ3n) is 9.74. The number of nitrogens with one attached hydrogen (secondary N) is 1. The van der Waals surface area contributed by atoms with E-state index in [1.54, 1.807) is 34.1 Å². The molecule has 50 heavy (non-hydrogen) atoms. The van der Waals surface area contributed by atoms with Gasteiger partial charge in [-0.2, -0.15) is 5.10 Å². The van der Waals surface area contributed by atoms with Crippen LogP contribution in [0.5, 0.6) is 0 Å². The Balaban J connectivity index is 0.00000239. The molecule has 2 aromatic carbocycles. The lowest BCUT2D eigenvalue weighted by atomic mass is 9.74. The number of piperidine rings is 2. The first-order valence-electron chi connectivity index (χ1n) is 17.9. The fourth-order valence-corrected chi connectivity index (χ4v) is 7.43. The maximum Gasteiger partial charge on any atom is 0.410 e. The summed E-state index contributed by atoms with van der Waals surface area (Å²) in [6.07, 6.45) is 3.98. The van der Waals surface area contributed by atoms with Crippen molar-refractivity contribution in [3.8, 4) is 0 Å². The smallest absolute Gasteiger partial charge is 0.410 e. The molecule has 0 bridgehead atoms. The number of nitrogens with zero attached hydrogens (tertiary/aromatic N) is 5. The minimum absolute atomic E-state index is 0.0208. The maximum atomic E-state index is 15.0. The summed E-state index contributed by atoms with van der Waals surface area (Å²) in [6, 6.07) is 11.6. The average Bonchev–Trinajstić information content (AvgIpc) is 3.10. The van der Waals surface area contributed by atoms with Gasteiger partial charge in [0.05, 0.1) is 23.2 Å². The molecule has 1 aromatic heterocycles. The van der Waals surface area contributed by atoms with Crippen molar-refractivity contribution >= 4 is 28.7 Å². The van der Waals surface area contributed by atoms with E-state index in [4.69, 9.17) is 4.74 Å². The number of halogens is 1. The molecule has 1 spiro atoms. The molecule has 270 valence electrons. The highest BCUT2D eigenvalue weighted by Crippen LogP contribution is 2.39. The van der Waals surface area contributed by atoms with Crippen LogP contribution in [0.3, 0.4) is 0 Å². The second-order valence-electron chi connectivity index (χ2n) is 14.5.